The van der Waals surface area contributed by atoms with Gasteiger partial charge in [0.15, 0.2) is 5.78 Å². The summed E-state index contributed by atoms with van der Waals surface area (Å²) in [6.07, 6.45) is 0. The van der Waals surface area contributed by atoms with Crippen molar-refractivity contribution in [3.8, 4) is 0 Å². The molecule has 0 saturated heterocycles. The molecule has 0 aromatic heterocycles. The fourth-order valence-corrected chi connectivity index (χ4v) is 1.83. The highest BCUT2D eigenvalue weighted by atomic mass is 16.4. The average molecular weight is 220 g/mol. The van der Waals surface area contributed by atoms with Gasteiger partial charge in [0.05, 0.1) is 5.56 Å². The molecule has 0 aliphatic heterocycles. The van der Waals surface area contributed by atoms with E-state index in [4.69, 9.17) is 5.11 Å². The third kappa shape index (κ3) is 2.30. The van der Waals surface area contributed by atoms with E-state index in [2.05, 4.69) is 0 Å². The molecule has 0 fully saturated rings. The fraction of sp³-hybridized carbons (Fsp3) is 0.385. The lowest BCUT2D eigenvalue weighted by molar-refractivity contribution is 0.0694. The maximum atomic E-state index is 11.5. The van der Waals surface area contributed by atoms with Gasteiger partial charge in [0, 0.05) is 5.56 Å². The monoisotopic (exact) mass is 220 g/mol. The standard InChI is InChI=1S/C13H16O3/c1-8(14)9-6-5-7-10(12(15)16)11(9)13(2,3)4/h5-7H,1-4H3,(H,15,16). The lowest BCUT2D eigenvalue weighted by Gasteiger charge is -2.24. The molecule has 0 unspecified atom stereocenters. The highest BCUT2D eigenvalue weighted by molar-refractivity contribution is 6.00. The number of carbonyl (C=O) groups excluding carboxylic acids is 1. The van der Waals surface area contributed by atoms with E-state index in [1.165, 1.54) is 13.0 Å². The average Bonchev–Trinajstić information content (AvgIpc) is 2.15. The summed E-state index contributed by atoms with van der Waals surface area (Å²) >= 11 is 0. The van der Waals surface area contributed by atoms with Crippen LogP contribution in [0.15, 0.2) is 18.2 Å². The van der Waals surface area contributed by atoms with Gasteiger partial charge in [-0.3, -0.25) is 4.79 Å². The second-order valence-electron chi connectivity index (χ2n) is 4.84. The van der Waals surface area contributed by atoms with Crippen molar-refractivity contribution in [2.45, 2.75) is 33.1 Å². The van der Waals surface area contributed by atoms with Crippen LogP contribution in [0.1, 0.15) is 54.0 Å². The summed E-state index contributed by atoms with van der Waals surface area (Å²) in [5.74, 6) is -1.10. The molecular weight excluding hydrogens is 204 g/mol. The summed E-state index contributed by atoms with van der Waals surface area (Å²) < 4.78 is 0. The second-order valence-corrected chi connectivity index (χ2v) is 4.84. The quantitative estimate of drug-likeness (QED) is 0.780. The molecule has 1 aromatic rings. The Labute approximate surface area is 95.1 Å². The van der Waals surface area contributed by atoms with Crippen molar-refractivity contribution in [2.24, 2.45) is 0 Å². The highest BCUT2D eigenvalue weighted by Gasteiger charge is 2.26. The predicted octanol–water partition coefficient (Wildman–Crippen LogP) is 2.88. The molecule has 0 atom stereocenters. The third-order valence-electron chi connectivity index (χ3n) is 2.42. The van der Waals surface area contributed by atoms with Crippen LogP contribution in [0.2, 0.25) is 0 Å². The van der Waals surface area contributed by atoms with E-state index < -0.39 is 5.97 Å². The molecule has 1 N–H and O–H groups in total. The van der Waals surface area contributed by atoms with E-state index in [9.17, 15) is 9.59 Å². The van der Waals surface area contributed by atoms with E-state index >= 15 is 0 Å². The first-order valence-electron chi connectivity index (χ1n) is 5.13. The van der Waals surface area contributed by atoms with Gasteiger partial charge in [0.2, 0.25) is 0 Å². The van der Waals surface area contributed by atoms with Crippen molar-refractivity contribution in [1.29, 1.82) is 0 Å². The Bertz CT molecular complexity index is 407. The van der Waals surface area contributed by atoms with Crippen LogP contribution in [0, 0.1) is 0 Å². The molecule has 0 aliphatic rings. The number of ketones is 1. The van der Waals surface area contributed by atoms with Crippen LogP contribution in [0.4, 0.5) is 0 Å². The maximum Gasteiger partial charge on any atom is 0.336 e. The molecule has 0 aliphatic carbocycles. The van der Waals surface area contributed by atoms with Gasteiger partial charge in [0.1, 0.15) is 0 Å². The van der Waals surface area contributed by atoms with Crippen LogP contribution < -0.4 is 0 Å². The maximum absolute atomic E-state index is 11.5. The van der Waals surface area contributed by atoms with Crippen LogP contribution in [-0.2, 0) is 5.41 Å². The minimum atomic E-state index is -0.993. The molecule has 0 amide bonds. The van der Waals surface area contributed by atoms with Crippen molar-refractivity contribution < 1.29 is 14.7 Å². The van der Waals surface area contributed by atoms with E-state index in [-0.39, 0.29) is 16.8 Å². The summed E-state index contributed by atoms with van der Waals surface area (Å²) in [7, 11) is 0. The van der Waals surface area contributed by atoms with Crippen molar-refractivity contribution >= 4 is 11.8 Å². The van der Waals surface area contributed by atoms with Gasteiger partial charge >= 0.3 is 5.97 Å². The number of carboxylic acid groups (broad SMARTS) is 1. The minimum absolute atomic E-state index is 0.104. The molecule has 0 spiro atoms. The Balaban J connectivity index is 3.60. The predicted molar refractivity (Wildman–Crippen MR) is 62.1 cm³/mol. The molecule has 0 radical (unpaired) electrons. The van der Waals surface area contributed by atoms with Gasteiger partial charge in [-0.1, -0.05) is 32.9 Å². The molecule has 1 rings (SSSR count). The molecule has 0 heterocycles. The minimum Gasteiger partial charge on any atom is -0.478 e. The van der Waals surface area contributed by atoms with E-state index in [0.717, 1.165) is 0 Å². The summed E-state index contributed by atoms with van der Waals surface area (Å²) in [5.41, 5.74) is 0.943. The molecule has 0 saturated carbocycles. The van der Waals surface area contributed by atoms with E-state index in [1.807, 2.05) is 20.8 Å². The second kappa shape index (κ2) is 4.08. The Morgan fingerprint density at radius 3 is 2.00 bits per heavy atom. The molecule has 16 heavy (non-hydrogen) atoms. The first-order valence-corrected chi connectivity index (χ1v) is 5.13. The first kappa shape index (κ1) is 12.4. The SMILES string of the molecule is CC(=O)c1cccc(C(=O)O)c1C(C)(C)C. The van der Waals surface area contributed by atoms with Crippen LogP contribution in [0.5, 0.6) is 0 Å². The zero-order valence-corrected chi connectivity index (χ0v) is 10.00. The number of carboxylic acids is 1. The number of rotatable bonds is 2. The van der Waals surface area contributed by atoms with E-state index in [0.29, 0.717) is 11.1 Å². The number of Topliss-reactive ketones (excluding diaryl/α,β-unsaturated/α-hetero) is 1. The van der Waals surface area contributed by atoms with Crippen molar-refractivity contribution in [1.82, 2.24) is 0 Å². The summed E-state index contributed by atoms with van der Waals surface area (Å²) in [6.45, 7) is 7.17. The summed E-state index contributed by atoms with van der Waals surface area (Å²) in [4.78, 5) is 22.6. The Kier molecular flexibility index (Phi) is 3.17. The van der Waals surface area contributed by atoms with Crippen molar-refractivity contribution in [2.75, 3.05) is 0 Å². The zero-order chi connectivity index (χ0) is 12.5. The van der Waals surface area contributed by atoms with E-state index in [1.54, 1.807) is 12.1 Å². The van der Waals surface area contributed by atoms with Crippen LogP contribution >= 0.6 is 0 Å². The van der Waals surface area contributed by atoms with Gasteiger partial charge in [-0.25, -0.2) is 4.79 Å². The Morgan fingerprint density at radius 1 is 1.12 bits per heavy atom. The molecule has 3 nitrogen and oxygen atoms in total. The fourth-order valence-electron chi connectivity index (χ4n) is 1.83. The topological polar surface area (TPSA) is 54.4 Å². The normalized spacial score (nSPS) is 11.2. The number of benzene rings is 1. The Hall–Kier alpha value is -1.64. The van der Waals surface area contributed by atoms with Gasteiger partial charge in [-0.05, 0) is 24.0 Å². The molecule has 0 bridgehead atoms. The van der Waals surface area contributed by atoms with Crippen LogP contribution in [0.25, 0.3) is 0 Å². The highest BCUT2D eigenvalue weighted by Crippen LogP contribution is 2.29. The number of carbonyl (C=O) groups is 2. The van der Waals surface area contributed by atoms with Gasteiger partial charge in [-0.15, -0.1) is 0 Å². The summed E-state index contributed by atoms with van der Waals surface area (Å²) in [6, 6.07) is 4.82. The van der Waals surface area contributed by atoms with Gasteiger partial charge < -0.3 is 5.11 Å². The van der Waals surface area contributed by atoms with Crippen molar-refractivity contribution in [3.63, 3.8) is 0 Å². The largest absolute Gasteiger partial charge is 0.478 e. The number of hydrogen-bond donors (Lipinski definition) is 1. The molecule has 3 heteroatoms. The molecule has 1 aromatic carbocycles. The van der Waals surface area contributed by atoms with Gasteiger partial charge in [0.25, 0.3) is 0 Å². The lowest BCUT2D eigenvalue weighted by Crippen LogP contribution is -2.21. The first-order chi connectivity index (χ1) is 7.25. The number of hydrogen-bond acceptors (Lipinski definition) is 2. The van der Waals surface area contributed by atoms with Crippen molar-refractivity contribution in [3.05, 3.63) is 34.9 Å². The third-order valence-corrected chi connectivity index (χ3v) is 2.42. The molecule has 86 valence electrons. The van der Waals surface area contributed by atoms with Gasteiger partial charge in [-0.2, -0.15) is 0 Å². The Morgan fingerprint density at radius 2 is 1.62 bits per heavy atom. The lowest BCUT2D eigenvalue weighted by atomic mass is 9.79. The number of aromatic carboxylic acids is 1. The zero-order valence-electron chi connectivity index (χ0n) is 10.00. The van der Waals surface area contributed by atoms with Crippen LogP contribution in [-0.4, -0.2) is 16.9 Å². The summed E-state index contributed by atoms with van der Waals surface area (Å²) in [5, 5.41) is 9.12. The van der Waals surface area contributed by atoms with Crippen LogP contribution in [0.3, 0.4) is 0 Å². The smallest absolute Gasteiger partial charge is 0.336 e. The molecular formula is C13H16O3.